The number of rotatable bonds is 3. The second-order valence-electron chi connectivity index (χ2n) is 4.29. The van der Waals surface area contributed by atoms with Gasteiger partial charge in [0.25, 0.3) is 0 Å². The van der Waals surface area contributed by atoms with Gasteiger partial charge in [-0.05, 0) is 17.7 Å². The van der Waals surface area contributed by atoms with E-state index < -0.39 is 0 Å². The summed E-state index contributed by atoms with van der Waals surface area (Å²) in [6, 6.07) is 17.8. The van der Waals surface area contributed by atoms with E-state index in [1.54, 1.807) is 0 Å². The molecule has 94 valence electrons. The largest absolute Gasteiger partial charge is 0.247 e. The first kappa shape index (κ1) is 11.9. The summed E-state index contributed by atoms with van der Waals surface area (Å²) in [7, 11) is 0. The van der Waals surface area contributed by atoms with E-state index in [2.05, 4.69) is 10.3 Å². The van der Waals surface area contributed by atoms with Gasteiger partial charge in [-0.25, -0.2) is 4.68 Å². The molecule has 2 aromatic carbocycles. The molecule has 0 radical (unpaired) electrons. The van der Waals surface area contributed by atoms with Crippen molar-refractivity contribution in [1.29, 1.82) is 0 Å². The van der Waals surface area contributed by atoms with E-state index in [1.807, 2.05) is 65.5 Å². The maximum Gasteiger partial charge on any atom is 0.113 e. The molecule has 4 heteroatoms. The summed E-state index contributed by atoms with van der Waals surface area (Å²) < 4.78 is 1.82. The third-order valence-electron chi connectivity index (χ3n) is 2.87. The van der Waals surface area contributed by atoms with E-state index in [0.29, 0.717) is 6.54 Å². The van der Waals surface area contributed by atoms with Gasteiger partial charge in [0.1, 0.15) is 5.69 Å². The molecule has 0 aliphatic carbocycles. The molecule has 0 saturated heterocycles. The first-order chi connectivity index (χ1) is 9.31. The van der Waals surface area contributed by atoms with Gasteiger partial charge in [0.2, 0.25) is 0 Å². The monoisotopic (exact) mass is 269 g/mol. The first-order valence-corrected chi connectivity index (χ1v) is 6.39. The molecule has 19 heavy (non-hydrogen) atoms. The molecule has 0 amide bonds. The van der Waals surface area contributed by atoms with E-state index in [0.717, 1.165) is 21.8 Å². The minimum atomic E-state index is 0.691. The highest BCUT2D eigenvalue weighted by atomic mass is 35.5. The van der Waals surface area contributed by atoms with Crippen LogP contribution in [0.15, 0.2) is 60.8 Å². The Morgan fingerprint density at radius 3 is 2.42 bits per heavy atom. The van der Waals surface area contributed by atoms with Crippen molar-refractivity contribution in [2.75, 3.05) is 0 Å². The topological polar surface area (TPSA) is 30.7 Å². The zero-order chi connectivity index (χ0) is 13.1. The first-order valence-electron chi connectivity index (χ1n) is 6.01. The van der Waals surface area contributed by atoms with Crippen molar-refractivity contribution >= 4 is 11.6 Å². The molecule has 0 spiro atoms. The van der Waals surface area contributed by atoms with Gasteiger partial charge >= 0.3 is 0 Å². The number of hydrogen-bond donors (Lipinski definition) is 0. The number of halogens is 1. The Bertz CT molecular complexity index is 659. The van der Waals surface area contributed by atoms with Crippen LogP contribution in [0, 0.1) is 0 Å². The quantitative estimate of drug-likeness (QED) is 0.727. The van der Waals surface area contributed by atoms with Gasteiger partial charge in [0.05, 0.1) is 12.7 Å². The van der Waals surface area contributed by atoms with Crippen LogP contribution in [0.25, 0.3) is 11.3 Å². The summed E-state index contributed by atoms with van der Waals surface area (Å²) in [5, 5.41) is 9.07. The lowest BCUT2D eigenvalue weighted by molar-refractivity contribution is 0.650. The van der Waals surface area contributed by atoms with Gasteiger partial charge in [-0.2, -0.15) is 0 Å². The molecule has 0 fully saturated rings. The maximum absolute atomic E-state index is 5.86. The van der Waals surface area contributed by atoms with Crippen LogP contribution in [-0.4, -0.2) is 15.0 Å². The van der Waals surface area contributed by atoms with Gasteiger partial charge in [0.15, 0.2) is 0 Å². The highest BCUT2D eigenvalue weighted by molar-refractivity contribution is 6.30. The lowest BCUT2D eigenvalue weighted by atomic mass is 10.2. The second-order valence-corrected chi connectivity index (χ2v) is 4.73. The molecule has 0 atom stereocenters. The third-order valence-corrected chi connectivity index (χ3v) is 3.12. The Labute approximate surface area is 116 Å². The number of nitrogens with zero attached hydrogens (tertiary/aromatic N) is 3. The normalized spacial score (nSPS) is 10.6. The van der Waals surface area contributed by atoms with Crippen LogP contribution >= 0.6 is 11.6 Å². The maximum atomic E-state index is 5.86. The molecule has 1 aromatic heterocycles. The smallest absolute Gasteiger partial charge is 0.113 e. The Hall–Kier alpha value is -2.13. The standard InChI is InChI=1S/C15H12ClN3/c16-14-8-6-12(7-9-14)10-19-11-15(17-18-19)13-4-2-1-3-5-13/h1-9,11H,10H2. The predicted octanol–water partition coefficient (Wildman–Crippen LogP) is 3.65. The number of benzene rings is 2. The fourth-order valence-corrected chi connectivity index (χ4v) is 2.02. The fraction of sp³-hybridized carbons (Fsp3) is 0.0667. The molecule has 0 aliphatic heterocycles. The molecule has 3 nitrogen and oxygen atoms in total. The van der Waals surface area contributed by atoms with Gasteiger partial charge in [-0.15, -0.1) is 5.10 Å². The molecule has 0 N–H and O–H groups in total. The van der Waals surface area contributed by atoms with Crippen LogP contribution in [0.3, 0.4) is 0 Å². The molecule has 1 heterocycles. The minimum absolute atomic E-state index is 0.691. The van der Waals surface area contributed by atoms with Crippen LogP contribution in [0.1, 0.15) is 5.56 Å². The van der Waals surface area contributed by atoms with Crippen LogP contribution < -0.4 is 0 Å². The summed E-state index contributed by atoms with van der Waals surface area (Å²) >= 11 is 5.86. The summed E-state index contributed by atoms with van der Waals surface area (Å²) in [5.41, 5.74) is 3.10. The van der Waals surface area contributed by atoms with E-state index in [1.165, 1.54) is 0 Å². The summed E-state index contributed by atoms with van der Waals surface area (Å²) in [6.45, 7) is 0.691. The van der Waals surface area contributed by atoms with Crippen molar-refractivity contribution < 1.29 is 0 Å². The van der Waals surface area contributed by atoms with Gasteiger partial charge in [0, 0.05) is 10.6 Å². The van der Waals surface area contributed by atoms with Crippen LogP contribution in [0.4, 0.5) is 0 Å². The van der Waals surface area contributed by atoms with Crippen molar-refractivity contribution in [3.05, 3.63) is 71.4 Å². The number of hydrogen-bond acceptors (Lipinski definition) is 2. The highest BCUT2D eigenvalue weighted by Gasteiger charge is 2.03. The van der Waals surface area contributed by atoms with Gasteiger partial charge in [-0.3, -0.25) is 0 Å². The Morgan fingerprint density at radius 1 is 0.947 bits per heavy atom. The summed E-state index contributed by atoms with van der Waals surface area (Å²) in [5.74, 6) is 0. The van der Waals surface area contributed by atoms with Crippen LogP contribution in [0.2, 0.25) is 5.02 Å². The van der Waals surface area contributed by atoms with E-state index >= 15 is 0 Å². The lowest BCUT2D eigenvalue weighted by Gasteiger charge is -2.00. The van der Waals surface area contributed by atoms with Gasteiger partial charge in [-0.1, -0.05) is 59.3 Å². The highest BCUT2D eigenvalue weighted by Crippen LogP contribution is 2.16. The Kier molecular flexibility index (Phi) is 3.29. The van der Waals surface area contributed by atoms with Gasteiger partial charge < -0.3 is 0 Å². The second kappa shape index (κ2) is 5.24. The average Bonchev–Trinajstić information content (AvgIpc) is 2.91. The molecular weight excluding hydrogens is 258 g/mol. The lowest BCUT2D eigenvalue weighted by Crippen LogP contribution is -1.99. The van der Waals surface area contributed by atoms with Crippen molar-refractivity contribution in [3.8, 4) is 11.3 Å². The average molecular weight is 270 g/mol. The molecule has 0 saturated carbocycles. The number of aromatic nitrogens is 3. The summed E-state index contributed by atoms with van der Waals surface area (Å²) in [6.07, 6.45) is 1.95. The van der Waals surface area contributed by atoms with Crippen LogP contribution in [-0.2, 0) is 6.54 Å². The van der Waals surface area contributed by atoms with E-state index in [4.69, 9.17) is 11.6 Å². The molecule has 3 rings (SSSR count). The molecule has 0 aliphatic rings. The predicted molar refractivity (Wildman–Crippen MR) is 76.0 cm³/mol. The molecule has 0 bridgehead atoms. The Balaban J connectivity index is 1.80. The van der Waals surface area contributed by atoms with Crippen molar-refractivity contribution in [1.82, 2.24) is 15.0 Å². The molecule has 3 aromatic rings. The Morgan fingerprint density at radius 2 is 1.68 bits per heavy atom. The zero-order valence-electron chi connectivity index (χ0n) is 10.2. The van der Waals surface area contributed by atoms with Crippen molar-refractivity contribution in [2.45, 2.75) is 6.54 Å². The zero-order valence-corrected chi connectivity index (χ0v) is 11.0. The van der Waals surface area contributed by atoms with Crippen LogP contribution in [0.5, 0.6) is 0 Å². The van der Waals surface area contributed by atoms with Crippen molar-refractivity contribution in [2.24, 2.45) is 0 Å². The third kappa shape index (κ3) is 2.83. The van der Waals surface area contributed by atoms with E-state index in [9.17, 15) is 0 Å². The fourth-order valence-electron chi connectivity index (χ4n) is 1.89. The minimum Gasteiger partial charge on any atom is -0.247 e. The SMILES string of the molecule is Clc1ccc(Cn2cc(-c3ccccc3)nn2)cc1. The molecular formula is C15H12ClN3. The molecule has 0 unspecified atom stereocenters. The van der Waals surface area contributed by atoms with Crippen molar-refractivity contribution in [3.63, 3.8) is 0 Å². The summed E-state index contributed by atoms with van der Waals surface area (Å²) in [4.78, 5) is 0. The van der Waals surface area contributed by atoms with E-state index in [-0.39, 0.29) is 0 Å².